The molecular formula is C11H18O4S. The summed E-state index contributed by atoms with van der Waals surface area (Å²) in [6, 6.07) is 0. The van der Waals surface area contributed by atoms with Gasteiger partial charge in [-0.2, -0.15) is 0 Å². The fourth-order valence-electron chi connectivity index (χ4n) is 2.45. The Hall–Kier alpha value is -0.420. The summed E-state index contributed by atoms with van der Waals surface area (Å²) in [6.45, 7) is 1.47. The lowest BCUT2D eigenvalue weighted by molar-refractivity contribution is -0.123. The molecule has 2 rings (SSSR count). The standard InChI is InChI=1S/C11H18O4S/c12-11(7-9-1-4-15-5-2-9)10-3-6-16(13,14)8-10/h9-10H,1-8H2. The Morgan fingerprint density at radius 2 is 1.88 bits per heavy atom. The van der Waals surface area contributed by atoms with Crippen molar-refractivity contribution >= 4 is 15.6 Å². The summed E-state index contributed by atoms with van der Waals surface area (Å²) in [6.07, 6.45) is 2.95. The van der Waals surface area contributed by atoms with Gasteiger partial charge < -0.3 is 4.74 Å². The second kappa shape index (κ2) is 4.84. The maximum absolute atomic E-state index is 11.9. The molecule has 2 aliphatic heterocycles. The minimum Gasteiger partial charge on any atom is -0.381 e. The Morgan fingerprint density at radius 1 is 1.19 bits per heavy atom. The SMILES string of the molecule is O=C(CC1CCOCC1)C1CCS(=O)(=O)C1. The van der Waals surface area contributed by atoms with Gasteiger partial charge in [0.15, 0.2) is 9.84 Å². The molecule has 0 radical (unpaired) electrons. The van der Waals surface area contributed by atoms with Crippen LogP contribution in [0.15, 0.2) is 0 Å². The molecule has 0 spiro atoms. The van der Waals surface area contributed by atoms with E-state index in [-0.39, 0.29) is 23.2 Å². The molecule has 1 atom stereocenters. The van der Waals surface area contributed by atoms with Crippen molar-refractivity contribution in [1.82, 2.24) is 0 Å². The number of hydrogen-bond acceptors (Lipinski definition) is 4. The van der Waals surface area contributed by atoms with Crippen LogP contribution in [-0.4, -0.2) is 38.9 Å². The Labute approximate surface area is 96.3 Å². The largest absolute Gasteiger partial charge is 0.381 e. The van der Waals surface area contributed by atoms with E-state index >= 15 is 0 Å². The zero-order chi connectivity index (χ0) is 11.6. The van der Waals surface area contributed by atoms with Gasteiger partial charge in [0.2, 0.25) is 0 Å². The molecule has 0 saturated carbocycles. The third-order valence-electron chi connectivity index (χ3n) is 3.52. The summed E-state index contributed by atoms with van der Waals surface area (Å²) in [5, 5.41) is 0. The van der Waals surface area contributed by atoms with Gasteiger partial charge in [-0.05, 0) is 25.2 Å². The van der Waals surface area contributed by atoms with E-state index in [1.54, 1.807) is 0 Å². The van der Waals surface area contributed by atoms with Crippen molar-refractivity contribution in [3.63, 3.8) is 0 Å². The van der Waals surface area contributed by atoms with E-state index in [0.717, 1.165) is 26.1 Å². The van der Waals surface area contributed by atoms with Crippen molar-refractivity contribution in [1.29, 1.82) is 0 Å². The monoisotopic (exact) mass is 246 g/mol. The van der Waals surface area contributed by atoms with E-state index in [2.05, 4.69) is 0 Å². The highest BCUT2D eigenvalue weighted by Crippen LogP contribution is 2.25. The Kier molecular flexibility index (Phi) is 3.64. The summed E-state index contributed by atoms with van der Waals surface area (Å²) >= 11 is 0. The number of ether oxygens (including phenoxy) is 1. The topological polar surface area (TPSA) is 60.4 Å². The number of rotatable bonds is 3. The minimum atomic E-state index is -2.93. The molecule has 4 nitrogen and oxygen atoms in total. The molecule has 0 N–H and O–H groups in total. The van der Waals surface area contributed by atoms with E-state index in [0.29, 0.717) is 18.8 Å². The number of hydrogen-bond donors (Lipinski definition) is 0. The molecule has 16 heavy (non-hydrogen) atoms. The fraction of sp³-hybridized carbons (Fsp3) is 0.909. The van der Waals surface area contributed by atoms with E-state index in [4.69, 9.17) is 4.74 Å². The van der Waals surface area contributed by atoms with Gasteiger partial charge in [0.1, 0.15) is 5.78 Å². The van der Waals surface area contributed by atoms with Crippen LogP contribution in [0.5, 0.6) is 0 Å². The number of sulfone groups is 1. The van der Waals surface area contributed by atoms with Crippen LogP contribution in [0.25, 0.3) is 0 Å². The lowest BCUT2D eigenvalue weighted by Crippen LogP contribution is -2.23. The maximum atomic E-state index is 11.9. The number of Topliss-reactive ketones (excluding diaryl/α,β-unsaturated/α-hetero) is 1. The molecule has 1 unspecified atom stereocenters. The fourth-order valence-corrected chi connectivity index (χ4v) is 4.23. The van der Waals surface area contributed by atoms with Gasteiger partial charge in [0, 0.05) is 25.6 Å². The highest BCUT2D eigenvalue weighted by molar-refractivity contribution is 7.91. The first kappa shape index (κ1) is 12.0. The van der Waals surface area contributed by atoms with E-state index in [9.17, 15) is 13.2 Å². The second-order valence-corrected chi connectivity index (χ2v) is 7.05. The van der Waals surface area contributed by atoms with E-state index in [1.165, 1.54) is 0 Å². The molecule has 0 aliphatic carbocycles. The van der Waals surface area contributed by atoms with Crippen molar-refractivity contribution in [3.05, 3.63) is 0 Å². The first-order chi connectivity index (χ1) is 7.57. The molecule has 2 saturated heterocycles. The smallest absolute Gasteiger partial charge is 0.151 e. The van der Waals surface area contributed by atoms with Crippen molar-refractivity contribution in [2.24, 2.45) is 11.8 Å². The summed E-state index contributed by atoms with van der Waals surface area (Å²) in [5.41, 5.74) is 0. The highest BCUT2D eigenvalue weighted by atomic mass is 32.2. The lowest BCUT2D eigenvalue weighted by atomic mass is 9.89. The lowest BCUT2D eigenvalue weighted by Gasteiger charge is -2.22. The van der Waals surface area contributed by atoms with Crippen molar-refractivity contribution < 1.29 is 17.9 Å². The van der Waals surface area contributed by atoms with E-state index in [1.807, 2.05) is 0 Å². The quantitative estimate of drug-likeness (QED) is 0.739. The normalized spacial score (nSPS) is 30.4. The molecule has 0 aromatic heterocycles. The predicted octanol–water partition coefficient (Wildman–Crippen LogP) is 0.807. The molecule has 5 heteroatoms. The Bertz CT molecular complexity index is 354. The number of carbonyl (C=O) groups excluding carboxylic acids is 1. The average Bonchev–Trinajstić information content (AvgIpc) is 2.60. The van der Waals surface area contributed by atoms with E-state index < -0.39 is 9.84 Å². The number of ketones is 1. The molecule has 0 bridgehead atoms. The van der Waals surface area contributed by atoms with Crippen LogP contribution in [0.1, 0.15) is 25.7 Å². The van der Waals surface area contributed by atoms with Gasteiger partial charge in [-0.3, -0.25) is 4.79 Å². The van der Waals surface area contributed by atoms with Crippen molar-refractivity contribution in [3.8, 4) is 0 Å². The molecule has 92 valence electrons. The molecule has 0 aromatic carbocycles. The average molecular weight is 246 g/mol. The zero-order valence-electron chi connectivity index (χ0n) is 9.35. The zero-order valence-corrected chi connectivity index (χ0v) is 10.2. The first-order valence-electron chi connectivity index (χ1n) is 5.88. The molecular weight excluding hydrogens is 228 g/mol. The third kappa shape index (κ3) is 3.04. The van der Waals surface area contributed by atoms with Gasteiger partial charge in [-0.1, -0.05) is 0 Å². The highest BCUT2D eigenvalue weighted by Gasteiger charge is 2.33. The van der Waals surface area contributed by atoms with Crippen LogP contribution in [0, 0.1) is 11.8 Å². The van der Waals surface area contributed by atoms with Crippen LogP contribution in [-0.2, 0) is 19.4 Å². The first-order valence-corrected chi connectivity index (χ1v) is 7.70. The van der Waals surface area contributed by atoms with Gasteiger partial charge in [0.05, 0.1) is 11.5 Å². The summed E-state index contributed by atoms with van der Waals surface area (Å²) in [7, 11) is -2.93. The summed E-state index contributed by atoms with van der Waals surface area (Å²) < 4.78 is 27.8. The predicted molar refractivity (Wildman–Crippen MR) is 59.9 cm³/mol. The minimum absolute atomic E-state index is 0.0784. The maximum Gasteiger partial charge on any atom is 0.151 e. The molecule has 2 aliphatic rings. The van der Waals surface area contributed by atoms with Crippen LogP contribution in [0.2, 0.25) is 0 Å². The molecule has 2 fully saturated rings. The molecule has 0 aromatic rings. The second-order valence-electron chi connectivity index (χ2n) is 4.83. The molecule has 0 amide bonds. The van der Waals surface area contributed by atoms with Crippen LogP contribution in [0.4, 0.5) is 0 Å². The van der Waals surface area contributed by atoms with Gasteiger partial charge >= 0.3 is 0 Å². The van der Waals surface area contributed by atoms with Gasteiger partial charge in [-0.25, -0.2) is 8.42 Å². The summed E-state index contributed by atoms with van der Waals surface area (Å²) in [5.74, 6) is 0.594. The van der Waals surface area contributed by atoms with Crippen LogP contribution < -0.4 is 0 Å². The third-order valence-corrected chi connectivity index (χ3v) is 5.29. The van der Waals surface area contributed by atoms with Crippen molar-refractivity contribution in [2.75, 3.05) is 24.7 Å². The Balaban J connectivity index is 1.84. The van der Waals surface area contributed by atoms with Crippen LogP contribution >= 0.6 is 0 Å². The van der Waals surface area contributed by atoms with Gasteiger partial charge in [-0.15, -0.1) is 0 Å². The molecule has 2 heterocycles. The number of carbonyl (C=O) groups is 1. The Morgan fingerprint density at radius 3 is 2.44 bits per heavy atom. The summed E-state index contributed by atoms with van der Waals surface area (Å²) in [4.78, 5) is 11.9. The van der Waals surface area contributed by atoms with Gasteiger partial charge in [0.25, 0.3) is 0 Å². The van der Waals surface area contributed by atoms with Crippen LogP contribution in [0.3, 0.4) is 0 Å². The van der Waals surface area contributed by atoms with Crippen molar-refractivity contribution in [2.45, 2.75) is 25.7 Å².